The highest BCUT2D eigenvalue weighted by Gasteiger charge is 2.70. The van der Waals surface area contributed by atoms with Crippen LogP contribution in [0.4, 0.5) is 5.69 Å². The van der Waals surface area contributed by atoms with E-state index in [1.165, 1.54) is 11.9 Å². The number of nitrogens with one attached hydrogen (secondary N) is 1. The van der Waals surface area contributed by atoms with Crippen molar-refractivity contribution in [3.8, 4) is 0 Å². The van der Waals surface area contributed by atoms with E-state index in [1.54, 1.807) is 11.0 Å². The molecule has 152 valence electrons. The zero-order valence-corrected chi connectivity index (χ0v) is 16.7. The third-order valence-electron chi connectivity index (χ3n) is 6.70. The maximum absolute atomic E-state index is 13.8. The van der Waals surface area contributed by atoms with Crippen LogP contribution in [0.5, 0.6) is 0 Å². The zero-order chi connectivity index (χ0) is 21.0. The molecule has 3 amide bonds. The molecule has 2 aromatic carbocycles. The van der Waals surface area contributed by atoms with Crippen molar-refractivity contribution >= 4 is 23.4 Å². The van der Waals surface area contributed by atoms with Crippen LogP contribution in [-0.4, -0.2) is 42.3 Å². The van der Waals surface area contributed by atoms with Gasteiger partial charge in [-0.1, -0.05) is 54.6 Å². The second kappa shape index (κ2) is 6.64. The lowest BCUT2D eigenvalue weighted by Gasteiger charge is -2.30. The van der Waals surface area contributed by atoms with E-state index in [9.17, 15) is 14.4 Å². The summed E-state index contributed by atoms with van der Waals surface area (Å²) in [6, 6.07) is 17.1. The number of amides is 3. The molecular weight excluding hydrogens is 378 g/mol. The topological polar surface area (TPSA) is 69.7 Å². The minimum atomic E-state index is -1.23. The van der Waals surface area contributed by atoms with E-state index in [2.05, 4.69) is 11.9 Å². The number of anilines is 1. The Labute approximate surface area is 175 Å². The first-order valence-electron chi connectivity index (χ1n) is 10.2. The average Bonchev–Trinajstić information content (AvgIpc) is 3.30. The van der Waals surface area contributed by atoms with Gasteiger partial charge in [0.15, 0.2) is 0 Å². The largest absolute Gasteiger partial charge is 0.306 e. The van der Waals surface area contributed by atoms with Crippen molar-refractivity contribution < 1.29 is 14.4 Å². The van der Waals surface area contributed by atoms with E-state index in [0.29, 0.717) is 13.0 Å². The van der Waals surface area contributed by atoms with E-state index in [1.807, 2.05) is 54.6 Å². The van der Waals surface area contributed by atoms with E-state index >= 15 is 0 Å². The summed E-state index contributed by atoms with van der Waals surface area (Å²) in [5, 5.41) is 3.50. The Morgan fingerprint density at radius 1 is 1.03 bits per heavy atom. The van der Waals surface area contributed by atoms with Gasteiger partial charge in [0.1, 0.15) is 5.54 Å². The molecular formula is C24H23N3O3. The zero-order valence-electron chi connectivity index (χ0n) is 16.7. The lowest BCUT2D eigenvalue weighted by atomic mass is 9.76. The molecule has 0 saturated carbocycles. The molecule has 1 N–H and O–H groups in total. The SMILES string of the molecule is C=CCN1C(=O)[C@]2(N[C@H](Cc3ccccc3)[C@@H]3C(=O)N(C)C(=O)[C@@H]32)c2ccccc21. The Balaban J connectivity index is 1.66. The van der Waals surface area contributed by atoms with Gasteiger partial charge in [-0.15, -0.1) is 6.58 Å². The van der Waals surface area contributed by atoms with Gasteiger partial charge in [-0.3, -0.25) is 24.6 Å². The number of hydrogen-bond acceptors (Lipinski definition) is 4. The standard InChI is InChI=1S/C24H23N3O3/c1-3-13-27-18-12-8-7-11-16(18)24(23(27)30)20-19(21(28)26(2)22(20)29)17(25-24)14-15-9-5-4-6-10-15/h3-12,17,19-20,25H,1,13-14H2,2H3/t17-,19+,20-,24+/m1/s1. The van der Waals surface area contributed by atoms with Crippen molar-refractivity contribution in [2.75, 3.05) is 18.5 Å². The van der Waals surface area contributed by atoms with Crippen molar-refractivity contribution in [1.82, 2.24) is 10.2 Å². The van der Waals surface area contributed by atoms with E-state index in [-0.39, 0.29) is 23.8 Å². The highest BCUT2D eigenvalue weighted by molar-refractivity contribution is 6.16. The lowest BCUT2D eigenvalue weighted by molar-refractivity contribution is -0.141. The minimum Gasteiger partial charge on any atom is -0.306 e. The van der Waals surface area contributed by atoms with Gasteiger partial charge in [0.05, 0.1) is 11.8 Å². The van der Waals surface area contributed by atoms with E-state index in [0.717, 1.165) is 16.8 Å². The van der Waals surface area contributed by atoms with Crippen LogP contribution in [0.15, 0.2) is 67.3 Å². The molecule has 6 heteroatoms. The smallest absolute Gasteiger partial charge is 0.253 e. The Kier molecular flexibility index (Phi) is 4.15. The summed E-state index contributed by atoms with van der Waals surface area (Å²) in [6.45, 7) is 4.12. The monoisotopic (exact) mass is 401 g/mol. The summed E-state index contributed by atoms with van der Waals surface area (Å²) in [6.07, 6.45) is 2.24. The number of carbonyl (C=O) groups excluding carboxylic acids is 3. The summed E-state index contributed by atoms with van der Waals surface area (Å²) in [7, 11) is 1.52. The Hall–Kier alpha value is -3.25. The number of nitrogens with zero attached hydrogens (tertiary/aromatic N) is 2. The van der Waals surface area contributed by atoms with Gasteiger partial charge in [0, 0.05) is 30.9 Å². The maximum atomic E-state index is 13.8. The Morgan fingerprint density at radius 2 is 1.73 bits per heavy atom. The molecule has 2 saturated heterocycles. The number of likely N-dealkylation sites (tertiary alicyclic amines) is 1. The number of para-hydroxylation sites is 1. The van der Waals surface area contributed by atoms with Crippen LogP contribution in [0.2, 0.25) is 0 Å². The number of rotatable bonds is 4. The summed E-state index contributed by atoms with van der Waals surface area (Å²) in [4.78, 5) is 43.0. The van der Waals surface area contributed by atoms with Crippen LogP contribution in [-0.2, 0) is 26.3 Å². The molecule has 2 fully saturated rings. The third kappa shape index (κ3) is 2.31. The van der Waals surface area contributed by atoms with Crippen molar-refractivity contribution in [1.29, 1.82) is 0 Å². The molecule has 2 aromatic rings. The van der Waals surface area contributed by atoms with Crippen molar-refractivity contribution in [3.63, 3.8) is 0 Å². The Morgan fingerprint density at radius 3 is 2.47 bits per heavy atom. The molecule has 3 aliphatic heterocycles. The lowest BCUT2D eigenvalue weighted by Crippen LogP contribution is -2.55. The summed E-state index contributed by atoms with van der Waals surface area (Å²) in [5.41, 5.74) is 1.35. The van der Waals surface area contributed by atoms with Crippen LogP contribution in [0.1, 0.15) is 11.1 Å². The van der Waals surface area contributed by atoms with E-state index < -0.39 is 17.4 Å². The molecule has 4 atom stereocenters. The summed E-state index contributed by atoms with van der Waals surface area (Å²) >= 11 is 0. The van der Waals surface area contributed by atoms with Gasteiger partial charge in [-0.2, -0.15) is 0 Å². The molecule has 30 heavy (non-hydrogen) atoms. The second-order valence-electron chi connectivity index (χ2n) is 8.21. The second-order valence-corrected chi connectivity index (χ2v) is 8.21. The van der Waals surface area contributed by atoms with Crippen molar-refractivity contribution in [2.24, 2.45) is 11.8 Å². The number of fused-ring (bicyclic) bond motifs is 4. The van der Waals surface area contributed by atoms with Crippen LogP contribution < -0.4 is 10.2 Å². The van der Waals surface area contributed by atoms with Gasteiger partial charge >= 0.3 is 0 Å². The third-order valence-corrected chi connectivity index (χ3v) is 6.70. The molecule has 0 radical (unpaired) electrons. The first-order valence-corrected chi connectivity index (χ1v) is 10.2. The minimum absolute atomic E-state index is 0.189. The predicted octanol–water partition coefficient (Wildman–Crippen LogP) is 1.86. The summed E-state index contributed by atoms with van der Waals surface area (Å²) < 4.78 is 0. The van der Waals surface area contributed by atoms with Gasteiger partial charge in [-0.05, 0) is 18.1 Å². The van der Waals surface area contributed by atoms with Crippen LogP contribution in [0, 0.1) is 11.8 Å². The highest BCUT2D eigenvalue weighted by Crippen LogP contribution is 2.54. The molecule has 0 aliphatic carbocycles. The molecule has 0 unspecified atom stereocenters. The Bertz CT molecular complexity index is 1070. The van der Waals surface area contributed by atoms with Crippen LogP contribution in [0.3, 0.4) is 0 Å². The van der Waals surface area contributed by atoms with Crippen LogP contribution in [0.25, 0.3) is 0 Å². The highest BCUT2D eigenvalue weighted by atomic mass is 16.2. The first kappa shape index (κ1) is 18.8. The fourth-order valence-corrected chi connectivity index (χ4v) is 5.44. The van der Waals surface area contributed by atoms with Crippen LogP contribution >= 0.6 is 0 Å². The van der Waals surface area contributed by atoms with E-state index in [4.69, 9.17) is 0 Å². The van der Waals surface area contributed by atoms with Gasteiger partial charge in [0.25, 0.3) is 5.91 Å². The molecule has 3 aliphatic rings. The number of carbonyl (C=O) groups is 3. The number of hydrogen-bond donors (Lipinski definition) is 1. The van der Waals surface area contributed by atoms with Gasteiger partial charge in [0.2, 0.25) is 11.8 Å². The molecule has 6 nitrogen and oxygen atoms in total. The molecule has 0 bridgehead atoms. The number of imide groups is 1. The fourth-order valence-electron chi connectivity index (χ4n) is 5.44. The number of benzene rings is 2. The molecule has 1 spiro atoms. The quantitative estimate of drug-likeness (QED) is 0.627. The molecule has 3 heterocycles. The molecule has 0 aromatic heterocycles. The van der Waals surface area contributed by atoms with Crippen molar-refractivity contribution in [3.05, 3.63) is 78.4 Å². The molecule has 5 rings (SSSR count). The van der Waals surface area contributed by atoms with Gasteiger partial charge < -0.3 is 4.90 Å². The summed E-state index contributed by atoms with van der Waals surface area (Å²) in [5.74, 6) is -2.04. The first-order chi connectivity index (χ1) is 14.5. The predicted molar refractivity (Wildman–Crippen MR) is 112 cm³/mol. The van der Waals surface area contributed by atoms with Gasteiger partial charge in [-0.25, -0.2) is 0 Å². The van der Waals surface area contributed by atoms with Crippen molar-refractivity contribution in [2.45, 2.75) is 18.0 Å². The maximum Gasteiger partial charge on any atom is 0.253 e. The normalized spacial score (nSPS) is 29.6. The fraction of sp³-hybridized carbons (Fsp3) is 0.292. The average molecular weight is 401 g/mol.